The molecule has 11 nitrogen and oxygen atoms in total. The van der Waals surface area contributed by atoms with E-state index in [2.05, 4.69) is 15.0 Å². The van der Waals surface area contributed by atoms with Gasteiger partial charge in [0.2, 0.25) is 11.6 Å². The number of anilines is 1. The summed E-state index contributed by atoms with van der Waals surface area (Å²) in [6.45, 7) is -0.508. The molecule has 6 N–H and O–H groups in total. The molecule has 0 aliphatic carbocycles. The lowest BCUT2D eigenvalue weighted by Crippen LogP contribution is -2.21. The highest BCUT2D eigenvalue weighted by atomic mass is 31.2. The second-order valence-electron chi connectivity index (χ2n) is 4.36. The molecule has 0 saturated heterocycles. The van der Waals surface area contributed by atoms with Gasteiger partial charge in [-0.1, -0.05) is 6.08 Å². The summed E-state index contributed by atoms with van der Waals surface area (Å²) in [6, 6.07) is 0. The number of nitrogens with zero attached hydrogens (tertiary/aromatic N) is 3. The molecule has 0 aliphatic rings. The molecule has 0 radical (unpaired) electrons. The number of aromatic amines is 1. The number of fused-ring (bicyclic) bond motifs is 1. The van der Waals surface area contributed by atoms with Crippen LogP contribution in [0.4, 0.5) is 5.95 Å². The topological polar surface area (TPSA) is 177 Å². The average Bonchev–Trinajstić information content (AvgIpc) is 2.81. The molecule has 0 spiro atoms. The third-order valence-corrected chi connectivity index (χ3v) is 3.17. The lowest BCUT2D eigenvalue weighted by molar-refractivity contribution is 0.0789. The van der Waals surface area contributed by atoms with E-state index in [0.717, 1.165) is 10.8 Å². The van der Waals surface area contributed by atoms with Crippen molar-refractivity contribution in [2.24, 2.45) is 5.92 Å². The first-order valence-electron chi connectivity index (χ1n) is 6.02. The van der Waals surface area contributed by atoms with Crippen LogP contribution in [0.25, 0.3) is 11.2 Å². The van der Waals surface area contributed by atoms with Gasteiger partial charge in [-0.05, 0) is 0 Å². The number of nitrogens with one attached hydrogen (secondary N) is 1. The molecule has 12 heteroatoms. The molecule has 1 unspecified atom stereocenters. The second kappa shape index (κ2) is 6.28. The first-order chi connectivity index (χ1) is 10.3. The minimum Gasteiger partial charge on any atom is -0.410 e. The molecule has 2 aromatic rings. The first-order valence-corrected chi connectivity index (χ1v) is 7.70. The van der Waals surface area contributed by atoms with Crippen molar-refractivity contribution >= 4 is 24.7 Å². The van der Waals surface area contributed by atoms with E-state index >= 15 is 0 Å². The summed E-state index contributed by atoms with van der Waals surface area (Å²) in [7, 11) is -4.31. The summed E-state index contributed by atoms with van der Waals surface area (Å²) in [5.74, 6) is -0.0862. The number of nitrogens with two attached hydrogens (primary N) is 1. The van der Waals surface area contributed by atoms with Crippen LogP contribution < -0.4 is 16.1 Å². The van der Waals surface area contributed by atoms with E-state index in [-0.39, 0.29) is 30.3 Å². The molecule has 120 valence electrons. The average molecular weight is 331 g/mol. The van der Waals surface area contributed by atoms with E-state index in [9.17, 15) is 9.36 Å². The third-order valence-electron chi connectivity index (χ3n) is 2.61. The van der Waals surface area contributed by atoms with Crippen molar-refractivity contribution in [2.45, 2.75) is 0 Å². The third kappa shape index (κ3) is 3.92. The first kappa shape index (κ1) is 16.2. The highest BCUT2D eigenvalue weighted by molar-refractivity contribution is 7.55. The van der Waals surface area contributed by atoms with E-state index in [1.54, 1.807) is 0 Å². The Morgan fingerprint density at radius 1 is 1.55 bits per heavy atom. The fourth-order valence-electron chi connectivity index (χ4n) is 1.58. The van der Waals surface area contributed by atoms with Gasteiger partial charge in [0, 0.05) is 11.7 Å². The predicted octanol–water partition coefficient (Wildman–Crippen LogP) is -1.57. The predicted molar refractivity (Wildman–Crippen MR) is 75.8 cm³/mol. The molecule has 0 saturated carbocycles. The lowest BCUT2D eigenvalue weighted by Gasteiger charge is -2.12. The Morgan fingerprint density at radius 2 is 2.27 bits per heavy atom. The van der Waals surface area contributed by atoms with Gasteiger partial charge in [0.15, 0.2) is 5.52 Å². The van der Waals surface area contributed by atoms with Crippen LogP contribution in [0.1, 0.15) is 0 Å². The molecule has 0 aromatic carbocycles. The van der Waals surface area contributed by atoms with Crippen molar-refractivity contribution < 1.29 is 24.3 Å². The van der Waals surface area contributed by atoms with Gasteiger partial charge in [0.05, 0.1) is 6.61 Å². The van der Waals surface area contributed by atoms with Crippen LogP contribution in [0, 0.1) is 5.92 Å². The normalized spacial score (nSPS) is 13.8. The molecule has 0 aliphatic heterocycles. The molecule has 2 aromatic heterocycles. The van der Waals surface area contributed by atoms with Gasteiger partial charge in [0.25, 0.3) is 5.56 Å². The van der Waals surface area contributed by atoms with Gasteiger partial charge in [-0.15, -0.1) is 0 Å². The van der Waals surface area contributed by atoms with Gasteiger partial charge in [-0.25, -0.2) is 4.98 Å². The Kier molecular flexibility index (Phi) is 4.62. The van der Waals surface area contributed by atoms with Crippen LogP contribution in [-0.4, -0.2) is 47.8 Å². The van der Waals surface area contributed by atoms with E-state index in [4.69, 9.17) is 25.5 Å². The Hall–Kier alpha value is -2.20. The monoisotopic (exact) mass is 331 g/mol. The van der Waals surface area contributed by atoms with Crippen molar-refractivity contribution in [1.82, 2.24) is 19.7 Å². The number of H-pyrrole nitrogens is 1. The van der Waals surface area contributed by atoms with Gasteiger partial charge in [0.1, 0.15) is 12.9 Å². The number of aliphatic hydroxyl groups excluding tert-OH is 1. The Labute approximate surface area is 123 Å². The number of hydrogen-bond acceptors (Lipinski definition) is 7. The number of rotatable bonds is 6. The van der Waals surface area contributed by atoms with E-state index in [1.807, 2.05) is 0 Å². The van der Waals surface area contributed by atoms with Crippen LogP contribution in [-0.2, 0) is 4.57 Å². The minimum atomic E-state index is -4.31. The number of aliphatic hydroxyl groups is 1. The summed E-state index contributed by atoms with van der Waals surface area (Å²) in [6.07, 6.45) is 2.35. The molecule has 0 fully saturated rings. The maximum Gasteiger partial charge on any atom is 0.348 e. The van der Waals surface area contributed by atoms with Crippen LogP contribution >= 0.6 is 7.60 Å². The van der Waals surface area contributed by atoms with Crippen molar-refractivity contribution in [2.75, 3.05) is 18.9 Å². The maximum absolute atomic E-state index is 11.6. The van der Waals surface area contributed by atoms with Crippen LogP contribution in [0.2, 0.25) is 0 Å². The molecule has 0 amide bonds. The SMILES string of the molecule is Nc1nc2c(ncn2OCC(/C=C/P(=O)(O)O)CO)c(=O)[nH]1. The molecule has 2 heterocycles. The fourth-order valence-corrected chi connectivity index (χ4v) is 2.05. The van der Waals surface area contributed by atoms with Gasteiger partial charge >= 0.3 is 7.60 Å². The fraction of sp³-hybridized carbons (Fsp3) is 0.300. The van der Waals surface area contributed by atoms with Gasteiger partial charge < -0.3 is 25.5 Å². The zero-order valence-electron chi connectivity index (χ0n) is 11.2. The van der Waals surface area contributed by atoms with Gasteiger partial charge in [-0.2, -0.15) is 9.71 Å². The minimum absolute atomic E-state index is 0.0282. The highest BCUT2D eigenvalue weighted by Crippen LogP contribution is 2.36. The molecular weight excluding hydrogens is 317 g/mol. The van der Waals surface area contributed by atoms with E-state index < -0.39 is 19.1 Å². The van der Waals surface area contributed by atoms with Crippen molar-refractivity contribution in [1.29, 1.82) is 0 Å². The maximum atomic E-state index is 11.6. The van der Waals surface area contributed by atoms with Crippen molar-refractivity contribution in [3.8, 4) is 0 Å². The largest absolute Gasteiger partial charge is 0.410 e. The zero-order valence-corrected chi connectivity index (χ0v) is 12.1. The number of imidazole rings is 1. The summed E-state index contributed by atoms with van der Waals surface area (Å²) < 4.78 is 11.8. The second-order valence-corrected chi connectivity index (χ2v) is 5.84. The molecule has 2 rings (SSSR count). The summed E-state index contributed by atoms with van der Waals surface area (Å²) >= 11 is 0. The standard InChI is InChI=1S/C10H14N5O6P/c11-10-13-8-7(9(17)14-10)12-5-15(8)21-4-6(3-16)1-2-22(18,19)20/h1-2,5-6,16H,3-4H2,(H2,18,19,20)(H3,11,13,14,17)/b2-1+. The summed E-state index contributed by atoms with van der Waals surface area (Å²) in [5, 5.41) is 9.15. The Morgan fingerprint density at radius 3 is 2.91 bits per heavy atom. The van der Waals surface area contributed by atoms with Crippen molar-refractivity contribution in [3.05, 3.63) is 28.6 Å². The molecular formula is C10H14N5O6P. The smallest absolute Gasteiger partial charge is 0.348 e. The zero-order chi connectivity index (χ0) is 16.3. The lowest BCUT2D eigenvalue weighted by atomic mass is 10.2. The number of hydrogen-bond donors (Lipinski definition) is 5. The van der Waals surface area contributed by atoms with Crippen LogP contribution in [0.15, 0.2) is 23.0 Å². The molecule has 1 atom stereocenters. The number of aromatic nitrogens is 4. The highest BCUT2D eigenvalue weighted by Gasteiger charge is 2.13. The summed E-state index contributed by atoms with van der Waals surface area (Å²) in [5.41, 5.74) is 5.03. The molecule has 0 bridgehead atoms. The summed E-state index contributed by atoms with van der Waals surface area (Å²) in [4.78, 5) is 44.3. The van der Waals surface area contributed by atoms with Crippen LogP contribution in [0.5, 0.6) is 0 Å². The quantitative estimate of drug-likeness (QED) is 0.391. The van der Waals surface area contributed by atoms with E-state index in [0.29, 0.717) is 5.82 Å². The van der Waals surface area contributed by atoms with Gasteiger partial charge in [-0.3, -0.25) is 14.3 Å². The van der Waals surface area contributed by atoms with Crippen LogP contribution in [0.3, 0.4) is 0 Å². The molecule has 22 heavy (non-hydrogen) atoms. The number of nitrogen functional groups attached to an aromatic ring is 1. The van der Waals surface area contributed by atoms with E-state index in [1.165, 1.54) is 6.33 Å². The van der Waals surface area contributed by atoms with Crippen molar-refractivity contribution in [3.63, 3.8) is 0 Å². The Balaban J connectivity index is 2.16. The Bertz CT molecular complexity index is 793.